The van der Waals surface area contributed by atoms with Gasteiger partial charge in [-0.05, 0) is 46.0 Å². The first-order chi connectivity index (χ1) is 12.6. The molecule has 2 heterocycles. The standard InChI is InChI=1S/C19H36N4O3/c1-15(2)22-18(24)7-10-21-19(20-3)23-11-8-16(9-12-23)26-14-17-6-4-5-13-25-17/h15-17H,4-14H2,1-3H3,(H,20,21)(H,22,24). The highest BCUT2D eigenvalue weighted by atomic mass is 16.5. The molecule has 0 aromatic rings. The number of carbonyl (C=O) groups excluding carboxylic acids is 1. The summed E-state index contributed by atoms with van der Waals surface area (Å²) in [5, 5.41) is 6.20. The number of nitrogens with one attached hydrogen (secondary N) is 2. The van der Waals surface area contributed by atoms with Gasteiger partial charge in [0.1, 0.15) is 0 Å². The van der Waals surface area contributed by atoms with Gasteiger partial charge in [0.15, 0.2) is 5.96 Å². The highest BCUT2D eigenvalue weighted by molar-refractivity contribution is 5.81. The predicted octanol–water partition coefficient (Wildman–Crippen LogP) is 1.53. The van der Waals surface area contributed by atoms with Crippen LogP contribution in [0.3, 0.4) is 0 Å². The number of piperidine rings is 1. The highest BCUT2D eigenvalue weighted by Crippen LogP contribution is 2.17. The van der Waals surface area contributed by atoms with Crippen LogP contribution in [0.5, 0.6) is 0 Å². The summed E-state index contributed by atoms with van der Waals surface area (Å²) in [7, 11) is 1.79. The van der Waals surface area contributed by atoms with Crippen molar-refractivity contribution in [2.45, 2.75) is 70.6 Å². The second kappa shape index (κ2) is 11.4. The molecule has 0 spiro atoms. The normalized spacial score (nSPS) is 22.5. The van der Waals surface area contributed by atoms with Crippen molar-refractivity contribution in [2.24, 2.45) is 4.99 Å². The first-order valence-corrected chi connectivity index (χ1v) is 10.1. The number of ether oxygens (including phenoxy) is 2. The third-order valence-electron chi connectivity index (χ3n) is 4.83. The lowest BCUT2D eigenvalue weighted by Crippen LogP contribution is -2.48. The van der Waals surface area contributed by atoms with Gasteiger partial charge in [0.25, 0.3) is 0 Å². The number of rotatable bonds is 7. The zero-order valence-electron chi connectivity index (χ0n) is 16.6. The fourth-order valence-corrected chi connectivity index (χ4v) is 3.43. The van der Waals surface area contributed by atoms with Crippen molar-refractivity contribution >= 4 is 11.9 Å². The van der Waals surface area contributed by atoms with E-state index in [1.165, 1.54) is 12.8 Å². The van der Waals surface area contributed by atoms with Gasteiger partial charge < -0.3 is 25.0 Å². The first-order valence-electron chi connectivity index (χ1n) is 10.1. The molecule has 0 saturated carbocycles. The smallest absolute Gasteiger partial charge is 0.221 e. The summed E-state index contributed by atoms with van der Waals surface area (Å²) in [6.45, 7) is 7.99. The van der Waals surface area contributed by atoms with Gasteiger partial charge in [0.2, 0.25) is 5.91 Å². The van der Waals surface area contributed by atoms with Gasteiger partial charge >= 0.3 is 0 Å². The van der Waals surface area contributed by atoms with Crippen LogP contribution in [-0.4, -0.2) is 74.9 Å². The monoisotopic (exact) mass is 368 g/mol. The van der Waals surface area contributed by atoms with E-state index in [0.717, 1.165) is 51.5 Å². The van der Waals surface area contributed by atoms with Crippen molar-refractivity contribution in [1.82, 2.24) is 15.5 Å². The number of guanidine groups is 1. The Bertz CT molecular complexity index is 442. The zero-order chi connectivity index (χ0) is 18.8. The molecule has 2 aliphatic rings. The number of hydrogen-bond acceptors (Lipinski definition) is 4. The number of hydrogen-bond donors (Lipinski definition) is 2. The molecule has 0 radical (unpaired) electrons. The predicted molar refractivity (Wildman–Crippen MR) is 103 cm³/mol. The SMILES string of the molecule is CN=C(NCCC(=O)NC(C)C)N1CCC(OCC2CCCCO2)CC1. The van der Waals surface area contributed by atoms with Crippen molar-refractivity contribution < 1.29 is 14.3 Å². The molecule has 0 aromatic carbocycles. The van der Waals surface area contributed by atoms with Gasteiger partial charge in [0.05, 0.1) is 18.8 Å². The molecular weight excluding hydrogens is 332 g/mol. The van der Waals surface area contributed by atoms with Gasteiger partial charge in [-0.3, -0.25) is 9.79 Å². The summed E-state index contributed by atoms with van der Waals surface area (Å²) in [4.78, 5) is 18.3. The van der Waals surface area contributed by atoms with E-state index in [2.05, 4.69) is 20.5 Å². The van der Waals surface area contributed by atoms with Gasteiger partial charge in [-0.15, -0.1) is 0 Å². The Morgan fingerprint density at radius 1 is 1.27 bits per heavy atom. The lowest BCUT2D eigenvalue weighted by Gasteiger charge is -2.35. The molecule has 26 heavy (non-hydrogen) atoms. The Hall–Kier alpha value is -1.34. The molecule has 7 heteroatoms. The van der Waals surface area contributed by atoms with Crippen LogP contribution in [0.1, 0.15) is 52.4 Å². The summed E-state index contributed by atoms with van der Waals surface area (Å²) in [5.41, 5.74) is 0. The van der Waals surface area contributed by atoms with Crippen molar-refractivity contribution in [2.75, 3.05) is 39.9 Å². The summed E-state index contributed by atoms with van der Waals surface area (Å²) in [6.07, 6.45) is 6.62. The van der Waals surface area contributed by atoms with Crippen LogP contribution in [-0.2, 0) is 14.3 Å². The maximum absolute atomic E-state index is 11.7. The van der Waals surface area contributed by atoms with Gasteiger partial charge in [-0.2, -0.15) is 0 Å². The molecule has 2 aliphatic heterocycles. The van der Waals surface area contributed by atoms with Crippen LogP contribution in [0.4, 0.5) is 0 Å². The second-order valence-electron chi connectivity index (χ2n) is 7.45. The number of carbonyl (C=O) groups is 1. The molecule has 2 saturated heterocycles. The molecule has 0 aromatic heterocycles. The van der Waals surface area contributed by atoms with Crippen molar-refractivity contribution in [3.05, 3.63) is 0 Å². The molecule has 1 unspecified atom stereocenters. The molecule has 2 fully saturated rings. The molecule has 150 valence electrons. The molecule has 2 N–H and O–H groups in total. The number of aliphatic imine (C=N–C) groups is 1. The maximum atomic E-state index is 11.7. The van der Waals surface area contributed by atoms with Crippen molar-refractivity contribution in [3.8, 4) is 0 Å². The van der Waals surface area contributed by atoms with Crippen LogP contribution in [0, 0.1) is 0 Å². The highest BCUT2D eigenvalue weighted by Gasteiger charge is 2.23. The van der Waals surface area contributed by atoms with Crippen LogP contribution >= 0.6 is 0 Å². The van der Waals surface area contributed by atoms with Gasteiger partial charge in [0, 0.05) is 45.8 Å². The van der Waals surface area contributed by atoms with E-state index in [1.807, 2.05) is 13.8 Å². The largest absolute Gasteiger partial charge is 0.376 e. The molecular formula is C19H36N4O3. The number of nitrogens with zero attached hydrogens (tertiary/aromatic N) is 2. The topological polar surface area (TPSA) is 75.2 Å². The quantitative estimate of drug-likeness (QED) is 0.526. The van der Waals surface area contributed by atoms with Crippen molar-refractivity contribution in [1.29, 1.82) is 0 Å². The van der Waals surface area contributed by atoms with Crippen LogP contribution in [0.2, 0.25) is 0 Å². The number of likely N-dealkylation sites (tertiary alicyclic amines) is 1. The lowest BCUT2D eigenvalue weighted by atomic mass is 10.1. The number of amides is 1. The molecule has 0 aliphatic carbocycles. The van der Waals surface area contributed by atoms with Crippen LogP contribution < -0.4 is 10.6 Å². The Labute approximate surface area is 157 Å². The minimum absolute atomic E-state index is 0.0694. The van der Waals surface area contributed by atoms with E-state index in [-0.39, 0.29) is 18.1 Å². The van der Waals surface area contributed by atoms with Crippen LogP contribution in [0.25, 0.3) is 0 Å². The minimum atomic E-state index is 0.0694. The van der Waals surface area contributed by atoms with Gasteiger partial charge in [-0.25, -0.2) is 0 Å². The Morgan fingerprint density at radius 3 is 2.65 bits per heavy atom. The molecule has 1 atom stereocenters. The van der Waals surface area contributed by atoms with E-state index < -0.39 is 0 Å². The van der Waals surface area contributed by atoms with E-state index in [1.54, 1.807) is 7.05 Å². The van der Waals surface area contributed by atoms with Crippen LogP contribution in [0.15, 0.2) is 4.99 Å². The van der Waals surface area contributed by atoms with Crippen molar-refractivity contribution in [3.63, 3.8) is 0 Å². The average Bonchev–Trinajstić information content (AvgIpc) is 2.64. The van der Waals surface area contributed by atoms with E-state index in [9.17, 15) is 4.79 Å². The summed E-state index contributed by atoms with van der Waals surface area (Å²) in [5.74, 6) is 0.941. The maximum Gasteiger partial charge on any atom is 0.221 e. The molecule has 7 nitrogen and oxygen atoms in total. The fraction of sp³-hybridized carbons (Fsp3) is 0.895. The molecule has 1 amide bonds. The first kappa shape index (κ1) is 21.0. The van der Waals surface area contributed by atoms with E-state index in [4.69, 9.17) is 9.47 Å². The lowest BCUT2D eigenvalue weighted by molar-refractivity contribution is -0.121. The third-order valence-corrected chi connectivity index (χ3v) is 4.83. The molecule has 0 bridgehead atoms. The average molecular weight is 369 g/mol. The zero-order valence-corrected chi connectivity index (χ0v) is 16.6. The Balaban J connectivity index is 1.62. The Morgan fingerprint density at radius 2 is 2.04 bits per heavy atom. The second-order valence-corrected chi connectivity index (χ2v) is 7.45. The summed E-state index contributed by atoms with van der Waals surface area (Å²) < 4.78 is 11.8. The molecule has 2 rings (SSSR count). The van der Waals surface area contributed by atoms with E-state index in [0.29, 0.717) is 19.1 Å². The third kappa shape index (κ3) is 7.50. The fourth-order valence-electron chi connectivity index (χ4n) is 3.43. The van der Waals surface area contributed by atoms with Gasteiger partial charge in [-0.1, -0.05) is 0 Å². The minimum Gasteiger partial charge on any atom is -0.376 e. The Kier molecular flexibility index (Phi) is 9.18. The van der Waals surface area contributed by atoms with E-state index >= 15 is 0 Å². The summed E-state index contributed by atoms with van der Waals surface area (Å²) in [6, 6.07) is 0.180. The summed E-state index contributed by atoms with van der Waals surface area (Å²) >= 11 is 0.